The highest BCUT2D eigenvalue weighted by Crippen LogP contribution is 2.29. The van der Waals surface area contributed by atoms with Gasteiger partial charge in [-0.15, -0.1) is 0 Å². The molecule has 96 valence electrons. The maximum absolute atomic E-state index is 5.71. The first kappa shape index (κ1) is 11.9. The molecule has 0 bridgehead atoms. The molecular formula is C16H17N3. The van der Waals surface area contributed by atoms with Crippen LogP contribution in [0.25, 0.3) is 22.2 Å². The van der Waals surface area contributed by atoms with Crippen molar-refractivity contribution in [2.45, 2.75) is 13.5 Å². The predicted molar refractivity (Wildman–Crippen MR) is 78.8 cm³/mol. The van der Waals surface area contributed by atoms with E-state index in [2.05, 4.69) is 54.0 Å². The molecule has 2 N–H and O–H groups in total. The van der Waals surface area contributed by atoms with E-state index < -0.39 is 0 Å². The first-order valence-electron chi connectivity index (χ1n) is 6.40. The summed E-state index contributed by atoms with van der Waals surface area (Å²) in [5.74, 6) is 0. The van der Waals surface area contributed by atoms with Crippen LogP contribution < -0.4 is 5.73 Å². The third-order valence-electron chi connectivity index (χ3n) is 3.48. The van der Waals surface area contributed by atoms with Crippen LogP contribution in [0.4, 0.5) is 0 Å². The van der Waals surface area contributed by atoms with Crippen molar-refractivity contribution in [1.82, 2.24) is 9.55 Å². The highest BCUT2D eigenvalue weighted by atomic mass is 14.9. The monoisotopic (exact) mass is 251 g/mol. The lowest BCUT2D eigenvalue weighted by Gasteiger charge is -2.02. The molecule has 0 fully saturated rings. The van der Waals surface area contributed by atoms with Gasteiger partial charge in [-0.1, -0.05) is 11.6 Å². The smallest absolute Gasteiger partial charge is 0.0726 e. The number of hydrogen-bond donors (Lipinski definition) is 1. The molecule has 0 atom stereocenters. The zero-order chi connectivity index (χ0) is 13.4. The lowest BCUT2D eigenvalue weighted by atomic mass is 10.1. The van der Waals surface area contributed by atoms with Crippen molar-refractivity contribution in [2.75, 3.05) is 0 Å². The van der Waals surface area contributed by atoms with Gasteiger partial charge in [0.15, 0.2) is 0 Å². The third-order valence-corrected chi connectivity index (χ3v) is 3.48. The molecule has 0 saturated heterocycles. The zero-order valence-corrected chi connectivity index (χ0v) is 11.2. The van der Waals surface area contributed by atoms with Crippen molar-refractivity contribution in [3.63, 3.8) is 0 Å². The molecule has 19 heavy (non-hydrogen) atoms. The summed E-state index contributed by atoms with van der Waals surface area (Å²) >= 11 is 0. The Labute approximate surface area is 112 Å². The van der Waals surface area contributed by atoms with Gasteiger partial charge in [-0.25, -0.2) is 0 Å². The van der Waals surface area contributed by atoms with Crippen LogP contribution in [-0.2, 0) is 13.6 Å². The molecule has 3 nitrogen and oxygen atoms in total. The molecule has 1 aromatic carbocycles. The maximum Gasteiger partial charge on any atom is 0.0726 e. The lowest BCUT2D eigenvalue weighted by molar-refractivity contribution is 0.969. The SMILES string of the molecule is Cc1ccc2c(c1)c(-c1cc(CN)ccn1)cn2C. The van der Waals surface area contributed by atoms with Crippen LogP contribution in [0.3, 0.4) is 0 Å². The quantitative estimate of drug-likeness (QED) is 0.761. The Balaban J connectivity index is 2.26. The normalized spacial score (nSPS) is 11.1. The van der Waals surface area contributed by atoms with Crippen LogP contribution in [0.5, 0.6) is 0 Å². The number of pyridine rings is 1. The minimum absolute atomic E-state index is 0.541. The molecule has 0 aliphatic carbocycles. The summed E-state index contributed by atoms with van der Waals surface area (Å²) in [7, 11) is 2.06. The molecule has 2 aromatic heterocycles. The summed E-state index contributed by atoms with van der Waals surface area (Å²) in [5.41, 5.74) is 11.4. The fraction of sp³-hybridized carbons (Fsp3) is 0.188. The van der Waals surface area contributed by atoms with Crippen molar-refractivity contribution in [2.24, 2.45) is 12.8 Å². The largest absolute Gasteiger partial charge is 0.350 e. The van der Waals surface area contributed by atoms with E-state index in [1.807, 2.05) is 12.3 Å². The second-order valence-electron chi connectivity index (χ2n) is 4.93. The van der Waals surface area contributed by atoms with Crippen molar-refractivity contribution in [1.29, 1.82) is 0 Å². The summed E-state index contributed by atoms with van der Waals surface area (Å²) in [5, 5.41) is 1.24. The lowest BCUT2D eigenvalue weighted by Crippen LogP contribution is -1.96. The average molecular weight is 251 g/mol. The van der Waals surface area contributed by atoms with Crippen LogP contribution in [0, 0.1) is 6.92 Å². The highest BCUT2D eigenvalue weighted by molar-refractivity contribution is 5.95. The van der Waals surface area contributed by atoms with E-state index in [1.54, 1.807) is 0 Å². The summed E-state index contributed by atoms with van der Waals surface area (Å²) in [6.45, 7) is 2.65. The Morgan fingerprint density at radius 2 is 2.05 bits per heavy atom. The van der Waals surface area contributed by atoms with Gasteiger partial charge in [-0.2, -0.15) is 0 Å². The van der Waals surface area contributed by atoms with E-state index in [1.165, 1.54) is 16.5 Å². The Morgan fingerprint density at radius 1 is 1.21 bits per heavy atom. The van der Waals surface area contributed by atoms with Gasteiger partial charge in [-0.3, -0.25) is 4.98 Å². The summed E-state index contributed by atoms with van der Waals surface area (Å²) in [4.78, 5) is 4.48. The number of benzene rings is 1. The summed E-state index contributed by atoms with van der Waals surface area (Å²) < 4.78 is 2.14. The average Bonchev–Trinajstić information content (AvgIpc) is 2.75. The van der Waals surface area contributed by atoms with Crippen molar-refractivity contribution in [3.8, 4) is 11.3 Å². The number of aryl methyl sites for hydroxylation is 2. The first-order chi connectivity index (χ1) is 9.19. The van der Waals surface area contributed by atoms with Crippen molar-refractivity contribution in [3.05, 3.63) is 53.9 Å². The Kier molecular flexibility index (Phi) is 2.84. The molecule has 2 heterocycles. The summed E-state index contributed by atoms with van der Waals surface area (Å²) in [6.07, 6.45) is 3.96. The van der Waals surface area contributed by atoms with E-state index in [9.17, 15) is 0 Å². The van der Waals surface area contributed by atoms with Crippen molar-refractivity contribution >= 4 is 10.9 Å². The van der Waals surface area contributed by atoms with Crippen LogP contribution in [0.2, 0.25) is 0 Å². The number of nitrogens with zero attached hydrogens (tertiary/aromatic N) is 2. The van der Waals surface area contributed by atoms with Gasteiger partial charge in [0, 0.05) is 42.5 Å². The van der Waals surface area contributed by atoms with E-state index >= 15 is 0 Å². The van der Waals surface area contributed by atoms with Gasteiger partial charge in [-0.05, 0) is 36.8 Å². The predicted octanol–water partition coefficient (Wildman–Crippen LogP) is 3.01. The second kappa shape index (κ2) is 4.52. The molecular weight excluding hydrogens is 234 g/mol. The maximum atomic E-state index is 5.71. The molecule has 0 aliphatic rings. The molecule has 0 spiro atoms. The molecule has 0 saturated carbocycles. The minimum Gasteiger partial charge on any atom is -0.350 e. The first-order valence-corrected chi connectivity index (χ1v) is 6.40. The molecule has 3 heteroatoms. The van der Waals surface area contributed by atoms with Gasteiger partial charge in [0.05, 0.1) is 5.69 Å². The number of fused-ring (bicyclic) bond motifs is 1. The summed E-state index contributed by atoms with van der Waals surface area (Å²) in [6, 6.07) is 10.5. The van der Waals surface area contributed by atoms with Gasteiger partial charge >= 0.3 is 0 Å². The van der Waals surface area contributed by atoms with Crippen molar-refractivity contribution < 1.29 is 0 Å². The number of aromatic nitrogens is 2. The van der Waals surface area contributed by atoms with Crippen LogP contribution in [0.15, 0.2) is 42.7 Å². The molecule has 0 unspecified atom stereocenters. The van der Waals surface area contributed by atoms with Crippen LogP contribution in [0.1, 0.15) is 11.1 Å². The van der Waals surface area contributed by atoms with E-state index in [-0.39, 0.29) is 0 Å². The van der Waals surface area contributed by atoms with E-state index in [4.69, 9.17) is 5.73 Å². The van der Waals surface area contributed by atoms with Gasteiger partial charge in [0.2, 0.25) is 0 Å². The Morgan fingerprint density at radius 3 is 2.84 bits per heavy atom. The standard InChI is InChI=1S/C16H17N3/c1-11-3-4-16-13(7-11)14(10-19(16)2)15-8-12(9-17)5-6-18-15/h3-8,10H,9,17H2,1-2H3. The van der Waals surface area contributed by atoms with Gasteiger partial charge in [0.1, 0.15) is 0 Å². The molecule has 0 radical (unpaired) electrons. The van der Waals surface area contributed by atoms with Gasteiger partial charge < -0.3 is 10.3 Å². The second-order valence-corrected chi connectivity index (χ2v) is 4.93. The number of rotatable bonds is 2. The Hall–Kier alpha value is -2.13. The van der Waals surface area contributed by atoms with Crippen LogP contribution >= 0.6 is 0 Å². The van der Waals surface area contributed by atoms with Crippen LogP contribution in [-0.4, -0.2) is 9.55 Å². The fourth-order valence-electron chi connectivity index (χ4n) is 2.46. The molecule has 3 aromatic rings. The molecule has 0 amide bonds. The van der Waals surface area contributed by atoms with Gasteiger partial charge in [0.25, 0.3) is 0 Å². The topological polar surface area (TPSA) is 43.8 Å². The Bertz CT molecular complexity index is 741. The zero-order valence-electron chi connectivity index (χ0n) is 11.2. The molecule has 0 aliphatic heterocycles. The highest BCUT2D eigenvalue weighted by Gasteiger charge is 2.10. The minimum atomic E-state index is 0.541. The third kappa shape index (κ3) is 2.02. The number of hydrogen-bond acceptors (Lipinski definition) is 2. The molecule has 3 rings (SSSR count). The number of nitrogens with two attached hydrogens (primary N) is 1. The van der Waals surface area contributed by atoms with E-state index in [0.717, 1.165) is 16.8 Å². The fourth-order valence-corrected chi connectivity index (χ4v) is 2.46. The van der Waals surface area contributed by atoms with E-state index in [0.29, 0.717) is 6.54 Å².